The van der Waals surface area contributed by atoms with Crippen LogP contribution in [-0.2, 0) is 19.1 Å². The lowest BCUT2D eigenvalue weighted by Crippen LogP contribution is -2.42. The number of hydrogen-bond donors (Lipinski definition) is 2. The highest BCUT2D eigenvalue weighted by molar-refractivity contribution is 6.32. The lowest BCUT2D eigenvalue weighted by Gasteiger charge is -2.21. The van der Waals surface area contributed by atoms with Crippen molar-refractivity contribution < 1.29 is 33.7 Å². The van der Waals surface area contributed by atoms with E-state index in [9.17, 15) is 19.5 Å². The van der Waals surface area contributed by atoms with Crippen molar-refractivity contribution in [3.63, 3.8) is 0 Å². The first-order valence-electron chi connectivity index (χ1n) is 7.46. The molecule has 138 valence electrons. The van der Waals surface area contributed by atoms with Gasteiger partial charge in [0.2, 0.25) is 6.10 Å². The van der Waals surface area contributed by atoms with E-state index < -0.39 is 30.4 Å². The van der Waals surface area contributed by atoms with Crippen molar-refractivity contribution in [3.8, 4) is 5.75 Å². The summed E-state index contributed by atoms with van der Waals surface area (Å²) < 4.78 is 15.1. The normalized spacial score (nSPS) is 12.8. The van der Waals surface area contributed by atoms with Crippen molar-refractivity contribution in [2.24, 2.45) is 5.92 Å². The Balaban J connectivity index is 2.62. The van der Waals surface area contributed by atoms with E-state index in [1.54, 1.807) is 32.0 Å². The average Bonchev–Trinajstić information content (AvgIpc) is 2.51. The number of nitrogens with one attached hydrogen (secondary N) is 1. The summed E-state index contributed by atoms with van der Waals surface area (Å²) in [5, 5.41) is 11.7. The molecule has 1 aromatic carbocycles. The Labute approximate surface area is 150 Å². The van der Waals surface area contributed by atoms with Crippen LogP contribution in [0.2, 0.25) is 5.02 Å². The molecule has 1 aromatic rings. The first-order valence-corrected chi connectivity index (χ1v) is 7.84. The first-order chi connectivity index (χ1) is 11.7. The van der Waals surface area contributed by atoms with Crippen molar-refractivity contribution in [2.45, 2.75) is 33.2 Å². The monoisotopic (exact) mass is 373 g/mol. The van der Waals surface area contributed by atoms with Crippen molar-refractivity contribution in [3.05, 3.63) is 29.3 Å². The van der Waals surface area contributed by atoms with Crippen molar-refractivity contribution >= 4 is 29.6 Å². The molecule has 0 aliphatic carbocycles. The maximum Gasteiger partial charge on any atom is 0.410 e. The summed E-state index contributed by atoms with van der Waals surface area (Å²) >= 11 is 5.91. The van der Waals surface area contributed by atoms with Gasteiger partial charge in [-0.2, -0.15) is 0 Å². The zero-order chi connectivity index (χ0) is 19.0. The zero-order valence-corrected chi connectivity index (χ0v) is 14.8. The smallest absolute Gasteiger partial charge is 0.410 e. The fraction of sp³-hybridized carbons (Fsp3) is 0.438. The minimum atomic E-state index is -1.38. The second-order valence-corrected chi connectivity index (χ2v) is 5.79. The molecule has 0 unspecified atom stereocenters. The summed E-state index contributed by atoms with van der Waals surface area (Å²) in [6.45, 7) is 4.21. The number of para-hydroxylation sites is 1. The van der Waals surface area contributed by atoms with Crippen LogP contribution in [0.5, 0.6) is 5.75 Å². The first kappa shape index (κ1) is 20.6. The van der Waals surface area contributed by atoms with Gasteiger partial charge in [-0.25, -0.2) is 9.59 Å². The van der Waals surface area contributed by atoms with E-state index in [-0.39, 0.29) is 23.2 Å². The molecule has 0 heterocycles. The molecule has 25 heavy (non-hydrogen) atoms. The number of carbonyl (C=O) groups excluding carboxylic acids is 2. The van der Waals surface area contributed by atoms with Crippen LogP contribution in [0.25, 0.3) is 0 Å². The summed E-state index contributed by atoms with van der Waals surface area (Å²) in [5.41, 5.74) is 0. The molecule has 0 aliphatic rings. The average molecular weight is 374 g/mol. The zero-order valence-electron chi connectivity index (χ0n) is 14.0. The molecule has 0 spiro atoms. The van der Waals surface area contributed by atoms with E-state index in [1.807, 2.05) is 0 Å². The molecule has 2 atom stereocenters. The molecule has 0 fully saturated rings. The van der Waals surface area contributed by atoms with Gasteiger partial charge in [-0.3, -0.25) is 4.79 Å². The van der Waals surface area contributed by atoms with Crippen LogP contribution in [0.4, 0.5) is 4.79 Å². The lowest BCUT2D eigenvalue weighted by atomic mass is 10.2. The summed E-state index contributed by atoms with van der Waals surface area (Å²) in [6, 6.07) is 6.35. The Kier molecular flexibility index (Phi) is 8.00. The van der Waals surface area contributed by atoms with Crippen LogP contribution < -0.4 is 10.1 Å². The van der Waals surface area contributed by atoms with E-state index in [0.717, 1.165) is 0 Å². The fourth-order valence-electron chi connectivity index (χ4n) is 1.66. The van der Waals surface area contributed by atoms with Crippen LogP contribution in [0.3, 0.4) is 0 Å². The van der Waals surface area contributed by atoms with E-state index in [1.165, 1.54) is 13.0 Å². The van der Waals surface area contributed by atoms with E-state index in [2.05, 4.69) is 5.32 Å². The number of carbonyl (C=O) groups is 3. The topological polar surface area (TPSA) is 111 Å². The molecule has 0 saturated carbocycles. The number of carboxylic acids is 1. The Hall–Kier alpha value is -2.48. The molecule has 0 aromatic heterocycles. The molecule has 0 aliphatic heterocycles. The second kappa shape index (κ2) is 9.73. The quantitative estimate of drug-likeness (QED) is 0.531. The maximum absolute atomic E-state index is 11.8. The number of benzene rings is 1. The highest BCUT2D eigenvalue weighted by Crippen LogP contribution is 2.24. The predicted octanol–water partition coefficient (Wildman–Crippen LogP) is 2.44. The van der Waals surface area contributed by atoms with Gasteiger partial charge in [0, 0.05) is 12.8 Å². The maximum atomic E-state index is 11.8. The standard InChI is InChI=1S/C16H20ClNO7/c1-9(2)15(23-10(3)19)25-16(22)18-8-13(14(20)21)24-12-7-5-4-6-11(12)17/h4-7,9,13,15H,8H2,1-3H3,(H,18,22)(H,20,21)/t13-,15-/m0/s1. The molecule has 2 N–H and O–H groups in total. The van der Waals surface area contributed by atoms with Crippen LogP contribution in [0, 0.1) is 5.92 Å². The van der Waals surface area contributed by atoms with E-state index in [0.29, 0.717) is 0 Å². The van der Waals surface area contributed by atoms with Crippen LogP contribution in [0.1, 0.15) is 20.8 Å². The highest BCUT2D eigenvalue weighted by atomic mass is 35.5. The Morgan fingerprint density at radius 2 is 1.84 bits per heavy atom. The van der Waals surface area contributed by atoms with Gasteiger partial charge in [0.1, 0.15) is 5.75 Å². The largest absolute Gasteiger partial charge is 0.478 e. The summed E-state index contributed by atoms with van der Waals surface area (Å²) in [5.74, 6) is -1.99. The van der Waals surface area contributed by atoms with Crippen LogP contribution in [-0.4, -0.2) is 42.1 Å². The number of halogens is 1. The van der Waals surface area contributed by atoms with Gasteiger partial charge in [0.05, 0.1) is 11.6 Å². The molecule has 9 heteroatoms. The molecule has 1 rings (SSSR count). The van der Waals surface area contributed by atoms with Gasteiger partial charge in [0.25, 0.3) is 6.29 Å². The highest BCUT2D eigenvalue weighted by Gasteiger charge is 2.25. The number of ether oxygens (including phenoxy) is 3. The Morgan fingerprint density at radius 3 is 2.36 bits per heavy atom. The molecule has 0 bridgehead atoms. The fourth-order valence-corrected chi connectivity index (χ4v) is 1.84. The molecule has 1 amide bonds. The minimum Gasteiger partial charge on any atom is -0.478 e. The van der Waals surface area contributed by atoms with Crippen molar-refractivity contribution in [1.82, 2.24) is 5.32 Å². The third kappa shape index (κ3) is 7.30. The summed E-state index contributed by atoms with van der Waals surface area (Å²) in [6.07, 6.45) is -3.39. The van der Waals surface area contributed by atoms with Gasteiger partial charge in [0.15, 0.2) is 0 Å². The van der Waals surface area contributed by atoms with Crippen molar-refractivity contribution in [2.75, 3.05) is 6.54 Å². The van der Waals surface area contributed by atoms with Crippen LogP contribution >= 0.6 is 11.6 Å². The second-order valence-electron chi connectivity index (χ2n) is 5.38. The van der Waals surface area contributed by atoms with Crippen LogP contribution in [0.15, 0.2) is 24.3 Å². The third-order valence-corrected chi connectivity index (χ3v) is 3.18. The molecule has 0 saturated heterocycles. The predicted molar refractivity (Wildman–Crippen MR) is 88.4 cm³/mol. The number of hydrogen-bond acceptors (Lipinski definition) is 6. The molecule has 0 radical (unpaired) electrons. The third-order valence-electron chi connectivity index (χ3n) is 2.86. The molecule has 8 nitrogen and oxygen atoms in total. The number of carboxylic acid groups (broad SMARTS) is 1. The van der Waals surface area contributed by atoms with Gasteiger partial charge >= 0.3 is 18.0 Å². The number of rotatable bonds is 8. The Bertz CT molecular complexity index is 620. The summed E-state index contributed by atoms with van der Waals surface area (Å²) in [4.78, 5) is 34.0. The minimum absolute atomic E-state index is 0.173. The number of amides is 1. The molecular weight excluding hydrogens is 354 g/mol. The SMILES string of the molecule is CC(=O)O[C@@H](OC(=O)NC[C@H](Oc1ccccc1Cl)C(=O)O)C(C)C. The van der Waals surface area contributed by atoms with E-state index >= 15 is 0 Å². The van der Waals surface area contributed by atoms with E-state index in [4.69, 9.17) is 25.8 Å². The van der Waals surface area contributed by atoms with Gasteiger partial charge in [-0.15, -0.1) is 0 Å². The number of aliphatic carboxylic acids is 1. The number of alkyl carbamates (subject to hydrolysis) is 1. The lowest BCUT2D eigenvalue weighted by molar-refractivity contribution is -0.172. The Morgan fingerprint density at radius 1 is 1.20 bits per heavy atom. The van der Waals surface area contributed by atoms with Gasteiger partial charge in [-0.1, -0.05) is 37.6 Å². The summed E-state index contributed by atoms with van der Waals surface area (Å²) in [7, 11) is 0. The van der Waals surface area contributed by atoms with Gasteiger partial charge < -0.3 is 24.6 Å². The molecular formula is C16H20ClNO7. The van der Waals surface area contributed by atoms with Gasteiger partial charge in [-0.05, 0) is 12.1 Å². The number of esters is 1. The van der Waals surface area contributed by atoms with Crippen molar-refractivity contribution in [1.29, 1.82) is 0 Å².